The number of nitrogens with zero attached hydrogens (tertiary/aromatic N) is 1. The van der Waals surface area contributed by atoms with E-state index in [-0.39, 0.29) is 11.5 Å². The molecule has 5 N–H and O–H groups in total. The highest BCUT2D eigenvalue weighted by Crippen LogP contribution is 2.23. The van der Waals surface area contributed by atoms with Crippen LogP contribution in [0.1, 0.15) is 38.1 Å². The first-order chi connectivity index (χ1) is 7.71. The second-order valence-corrected chi connectivity index (χ2v) is 5.25. The molecule has 0 radical (unpaired) electrons. The third kappa shape index (κ3) is 3.34. The van der Waals surface area contributed by atoms with Gasteiger partial charge < -0.3 is 16.8 Å². The number of anilines is 2. The summed E-state index contributed by atoms with van der Waals surface area (Å²) in [6.45, 7) is 8.42. The molecule has 1 atom stereocenters. The topological polar surface area (TPSA) is 94.0 Å². The Labute approximate surface area is 102 Å². The second-order valence-electron chi connectivity index (χ2n) is 5.25. The number of nitrogens with one attached hydrogen (secondary N) is 1. The van der Waals surface area contributed by atoms with Gasteiger partial charge in [0.05, 0.1) is 17.4 Å². The van der Waals surface area contributed by atoms with E-state index >= 15 is 0 Å². The summed E-state index contributed by atoms with van der Waals surface area (Å²) in [5, 5.41) is 3.23. The van der Waals surface area contributed by atoms with Crippen molar-refractivity contribution < 1.29 is 4.79 Å². The van der Waals surface area contributed by atoms with Gasteiger partial charge in [0, 0.05) is 6.04 Å². The maximum absolute atomic E-state index is 11.1. The summed E-state index contributed by atoms with van der Waals surface area (Å²) in [7, 11) is 0. The number of primary amides is 1. The van der Waals surface area contributed by atoms with E-state index in [0.717, 1.165) is 0 Å². The first-order valence-electron chi connectivity index (χ1n) is 5.53. The van der Waals surface area contributed by atoms with Crippen LogP contribution in [-0.4, -0.2) is 16.9 Å². The Kier molecular flexibility index (Phi) is 3.60. The van der Waals surface area contributed by atoms with Crippen LogP contribution in [-0.2, 0) is 0 Å². The summed E-state index contributed by atoms with van der Waals surface area (Å²) in [6.07, 6.45) is 1.44. The molecule has 0 aliphatic heterocycles. The van der Waals surface area contributed by atoms with Crippen LogP contribution in [0.5, 0.6) is 0 Å². The Morgan fingerprint density at radius 1 is 1.47 bits per heavy atom. The van der Waals surface area contributed by atoms with Gasteiger partial charge in [-0.3, -0.25) is 4.79 Å². The van der Waals surface area contributed by atoms with Gasteiger partial charge in [-0.2, -0.15) is 0 Å². The number of rotatable bonds is 3. The fourth-order valence-electron chi connectivity index (χ4n) is 1.20. The highest BCUT2D eigenvalue weighted by Gasteiger charge is 2.20. The van der Waals surface area contributed by atoms with E-state index in [1.165, 1.54) is 6.20 Å². The molecule has 1 amide bonds. The molecule has 0 fully saturated rings. The maximum atomic E-state index is 11.1. The van der Waals surface area contributed by atoms with Gasteiger partial charge in [-0.15, -0.1) is 0 Å². The molecule has 17 heavy (non-hydrogen) atoms. The van der Waals surface area contributed by atoms with Crippen molar-refractivity contribution in [3.63, 3.8) is 0 Å². The molecule has 1 heterocycles. The first kappa shape index (κ1) is 13.3. The molecule has 0 aliphatic carbocycles. The predicted molar refractivity (Wildman–Crippen MR) is 69.7 cm³/mol. The lowest BCUT2D eigenvalue weighted by Crippen LogP contribution is -2.31. The zero-order chi connectivity index (χ0) is 13.2. The molecule has 1 aromatic rings. The molecule has 94 valence electrons. The van der Waals surface area contributed by atoms with Crippen LogP contribution in [0.2, 0.25) is 0 Å². The normalized spacial score (nSPS) is 13.2. The van der Waals surface area contributed by atoms with Gasteiger partial charge in [-0.1, -0.05) is 20.8 Å². The smallest absolute Gasteiger partial charge is 0.250 e. The van der Waals surface area contributed by atoms with Gasteiger partial charge in [0.1, 0.15) is 5.82 Å². The largest absolute Gasteiger partial charge is 0.397 e. The summed E-state index contributed by atoms with van der Waals surface area (Å²) in [5.41, 5.74) is 11.5. The van der Waals surface area contributed by atoms with Crippen LogP contribution < -0.4 is 16.8 Å². The maximum Gasteiger partial charge on any atom is 0.250 e. The molecular formula is C12H20N4O. The fraction of sp³-hybridized carbons (Fsp3) is 0.500. The SMILES string of the molecule is CC(Nc1cc(C(N)=O)c(N)cn1)C(C)(C)C. The van der Waals surface area contributed by atoms with Crippen molar-refractivity contribution in [1.82, 2.24) is 4.98 Å². The standard InChI is InChI=1S/C12H20N4O/c1-7(12(2,3)4)16-10-5-8(11(14)17)9(13)6-15-10/h5-7H,13H2,1-4H3,(H2,14,17)(H,15,16). The molecule has 1 unspecified atom stereocenters. The predicted octanol–water partition coefficient (Wildman–Crippen LogP) is 1.61. The van der Waals surface area contributed by atoms with Gasteiger partial charge in [0.2, 0.25) is 0 Å². The molecule has 0 saturated heterocycles. The third-order valence-electron chi connectivity index (χ3n) is 2.86. The van der Waals surface area contributed by atoms with Crippen molar-refractivity contribution in [1.29, 1.82) is 0 Å². The lowest BCUT2D eigenvalue weighted by Gasteiger charge is -2.28. The Morgan fingerprint density at radius 3 is 2.53 bits per heavy atom. The molecule has 5 heteroatoms. The highest BCUT2D eigenvalue weighted by atomic mass is 16.1. The second kappa shape index (κ2) is 4.61. The number of hydrogen-bond donors (Lipinski definition) is 3. The van der Waals surface area contributed by atoms with Gasteiger partial charge in [-0.05, 0) is 18.4 Å². The Morgan fingerprint density at radius 2 is 2.06 bits per heavy atom. The van der Waals surface area contributed by atoms with E-state index in [1.807, 2.05) is 0 Å². The summed E-state index contributed by atoms with van der Waals surface area (Å²) in [4.78, 5) is 15.3. The summed E-state index contributed by atoms with van der Waals surface area (Å²) >= 11 is 0. The number of carbonyl (C=O) groups is 1. The van der Waals surface area contributed by atoms with Crippen molar-refractivity contribution in [2.24, 2.45) is 11.1 Å². The fourth-order valence-corrected chi connectivity index (χ4v) is 1.20. The molecule has 0 bridgehead atoms. The minimum Gasteiger partial charge on any atom is -0.397 e. The van der Waals surface area contributed by atoms with Crippen molar-refractivity contribution in [2.75, 3.05) is 11.1 Å². The number of aromatic nitrogens is 1. The monoisotopic (exact) mass is 236 g/mol. The van der Waals surface area contributed by atoms with E-state index in [2.05, 4.69) is 38.0 Å². The average Bonchev–Trinajstić information content (AvgIpc) is 2.19. The van der Waals surface area contributed by atoms with Crippen molar-refractivity contribution in [3.8, 4) is 0 Å². The Bertz CT molecular complexity index is 423. The van der Waals surface area contributed by atoms with E-state index in [9.17, 15) is 4.79 Å². The number of carbonyl (C=O) groups excluding carboxylic acids is 1. The molecule has 5 nitrogen and oxygen atoms in total. The van der Waals surface area contributed by atoms with Crippen LogP contribution in [0.15, 0.2) is 12.3 Å². The van der Waals surface area contributed by atoms with E-state index in [1.54, 1.807) is 6.07 Å². The van der Waals surface area contributed by atoms with Gasteiger partial charge >= 0.3 is 0 Å². The summed E-state index contributed by atoms with van der Waals surface area (Å²) in [6, 6.07) is 1.79. The van der Waals surface area contributed by atoms with E-state index in [4.69, 9.17) is 11.5 Å². The first-order valence-corrected chi connectivity index (χ1v) is 5.53. The number of nitrogen functional groups attached to an aromatic ring is 1. The molecule has 0 spiro atoms. The van der Waals surface area contributed by atoms with Crippen LogP contribution in [0.25, 0.3) is 0 Å². The number of hydrogen-bond acceptors (Lipinski definition) is 4. The zero-order valence-corrected chi connectivity index (χ0v) is 10.7. The quantitative estimate of drug-likeness (QED) is 0.743. The Balaban J connectivity index is 2.94. The molecule has 1 aromatic heterocycles. The third-order valence-corrected chi connectivity index (χ3v) is 2.86. The zero-order valence-electron chi connectivity index (χ0n) is 10.7. The molecule has 1 rings (SSSR count). The van der Waals surface area contributed by atoms with Gasteiger partial charge in [0.25, 0.3) is 5.91 Å². The molecule has 0 saturated carbocycles. The van der Waals surface area contributed by atoms with Crippen LogP contribution in [0, 0.1) is 5.41 Å². The van der Waals surface area contributed by atoms with Crippen molar-refractivity contribution in [2.45, 2.75) is 33.7 Å². The summed E-state index contributed by atoms with van der Waals surface area (Å²) in [5.74, 6) is 0.0618. The van der Waals surface area contributed by atoms with Crippen molar-refractivity contribution in [3.05, 3.63) is 17.8 Å². The summed E-state index contributed by atoms with van der Waals surface area (Å²) < 4.78 is 0. The molecule has 0 aromatic carbocycles. The average molecular weight is 236 g/mol. The van der Waals surface area contributed by atoms with Crippen molar-refractivity contribution >= 4 is 17.4 Å². The molecular weight excluding hydrogens is 216 g/mol. The number of amides is 1. The molecule has 0 aliphatic rings. The lowest BCUT2D eigenvalue weighted by atomic mass is 9.88. The number of pyridine rings is 1. The minimum atomic E-state index is -0.545. The number of nitrogens with two attached hydrogens (primary N) is 2. The lowest BCUT2D eigenvalue weighted by molar-refractivity contribution is 0.100. The van der Waals surface area contributed by atoms with Crippen LogP contribution in [0.4, 0.5) is 11.5 Å². The highest BCUT2D eigenvalue weighted by molar-refractivity contribution is 5.98. The Hall–Kier alpha value is -1.78. The van der Waals surface area contributed by atoms with E-state index in [0.29, 0.717) is 17.1 Å². The van der Waals surface area contributed by atoms with Gasteiger partial charge in [-0.25, -0.2) is 4.98 Å². The van der Waals surface area contributed by atoms with Crippen LogP contribution >= 0.6 is 0 Å². The van der Waals surface area contributed by atoms with E-state index < -0.39 is 5.91 Å². The minimum absolute atomic E-state index is 0.0932. The van der Waals surface area contributed by atoms with Gasteiger partial charge in [0.15, 0.2) is 0 Å². The van der Waals surface area contributed by atoms with Crippen LogP contribution in [0.3, 0.4) is 0 Å².